The average Bonchev–Trinajstić information content (AvgIpc) is 2.69. The molecule has 17 heavy (non-hydrogen) atoms. The zero-order valence-electron chi connectivity index (χ0n) is 9.94. The summed E-state index contributed by atoms with van der Waals surface area (Å²) < 4.78 is 4.75. The molecule has 0 aromatic rings. The summed E-state index contributed by atoms with van der Waals surface area (Å²) in [5.74, 6) is -0.423. The van der Waals surface area contributed by atoms with Crippen LogP contribution in [0.1, 0.15) is 44.9 Å². The zero-order chi connectivity index (χ0) is 12.5. The molecule has 0 radical (unpaired) electrons. The van der Waals surface area contributed by atoms with Crippen LogP contribution >= 0.6 is 0 Å². The minimum Gasteiger partial charge on any atom is -0.464 e. The van der Waals surface area contributed by atoms with Gasteiger partial charge in [0.25, 0.3) is 0 Å². The Morgan fingerprint density at radius 1 is 1.35 bits per heavy atom. The van der Waals surface area contributed by atoms with Gasteiger partial charge in [0.15, 0.2) is 0 Å². The Hall–Kier alpha value is -1.39. The van der Waals surface area contributed by atoms with Gasteiger partial charge in [0.05, 0.1) is 6.61 Å². The van der Waals surface area contributed by atoms with Gasteiger partial charge in [0, 0.05) is 19.3 Å². The van der Waals surface area contributed by atoms with Crippen LogP contribution in [0.25, 0.3) is 0 Å². The first kappa shape index (κ1) is 13.7. The predicted octanol–water partition coefficient (Wildman–Crippen LogP) is 0.958. The third kappa shape index (κ3) is 5.47. The second-order valence-electron chi connectivity index (χ2n) is 4.20. The van der Waals surface area contributed by atoms with Crippen LogP contribution in [-0.4, -0.2) is 30.8 Å². The third-order valence-corrected chi connectivity index (χ3v) is 2.75. The van der Waals surface area contributed by atoms with Gasteiger partial charge in [0.2, 0.25) is 5.91 Å². The van der Waals surface area contributed by atoms with Crippen molar-refractivity contribution in [1.29, 1.82) is 0 Å². The van der Waals surface area contributed by atoms with Crippen molar-refractivity contribution < 1.29 is 19.1 Å². The van der Waals surface area contributed by atoms with Gasteiger partial charge in [-0.05, 0) is 12.8 Å². The molecule has 0 saturated carbocycles. The number of unbranched alkanes of at least 4 members (excludes halogenated alkanes) is 4. The first-order valence-electron chi connectivity index (χ1n) is 6.13. The van der Waals surface area contributed by atoms with Gasteiger partial charge in [-0.2, -0.15) is 0 Å². The van der Waals surface area contributed by atoms with Crippen LogP contribution in [0.2, 0.25) is 0 Å². The fraction of sp³-hybridized carbons (Fsp3) is 0.750. The SMILES string of the molecule is O=CCCCCCCC(=O)N[C@H]1CCOC1=O. The van der Waals surface area contributed by atoms with Gasteiger partial charge in [-0.1, -0.05) is 12.8 Å². The molecule has 0 bridgehead atoms. The monoisotopic (exact) mass is 241 g/mol. The number of nitrogens with one attached hydrogen (secondary N) is 1. The summed E-state index contributed by atoms with van der Waals surface area (Å²) >= 11 is 0. The van der Waals surface area contributed by atoms with Gasteiger partial charge < -0.3 is 14.8 Å². The van der Waals surface area contributed by atoms with Crippen LogP contribution in [0.3, 0.4) is 0 Å². The van der Waals surface area contributed by atoms with Crippen LogP contribution in [0.4, 0.5) is 0 Å². The molecule has 0 aliphatic carbocycles. The highest BCUT2D eigenvalue weighted by molar-refractivity contribution is 5.85. The van der Waals surface area contributed by atoms with Crippen molar-refractivity contribution in [1.82, 2.24) is 5.32 Å². The molecular weight excluding hydrogens is 222 g/mol. The van der Waals surface area contributed by atoms with E-state index in [4.69, 9.17) is 4.74 Å². The highest BCUT2D eigenvalue weighted by atomic mass is 16.5. The lowest BCUT2D eigenvalue weighted by Crippen LogP contribution is -2.37. The maximum absolute atomic E-state index is 11.5. The number of amides is 1. The van der Waals surface area contributed by atoms with E-state index in [-0.39, 0.29) is 11.9 Å². The fourth-order valence-electron chi connectivity index (χ4n) is 1.76. The van der Waals surface area contributed by atoms with Crippen LogP contribution in [0.5, 0.6) is 0 Å². The Kier molecular flexibility index (Phi) is 6.29. The van der Waals surface area contributed by atoms with Gasteiger partial charge >= 0.3 is 5.97 Å². The summed E-state index contributed by atoms with van der Waals surface area (Å²) in [6, 6.07) is -0.447. The summed E-state index contributed by atoms with van der Waals surface area (Å²) in [5, 5.41) is 2.66. The highest BCUT2D eigenvalue weighted by Crippen LogP contribution is 2.08. The van der Waals surface area contributed by atoms with Crippen molar-refractivity contribution in [2.45, 2.75) is 51.0 Å². The van der Waals surface area contributed by atoms with E-state index in [9.17, 15) is 14.4 Å². The minimum atomic E-state index is -0.447. The van der Waals surface area contributed by atoms with Crippen molar-refractivity contribution in [2.75, 3.05) is 6.61 Å². The van der Waals surface area contributed by atoms with E-state index in [1.54, 1.807) is 0 Å². The molecule has 1 amide bonds. The van der Waals surface area contributed by atoms with E-state index >= 15 is 0 Å². The topological polar surface area (TPSA) is 72.5 Å². The third-order valence-electron chi connectivity index (χ3n) is 2.75. The molecule has 0 aromatic carbocycles. The van der Waals surface area contributed by atoms with Gasteiger partial charge in [-0.15, -0.1) is 0 Å². The molecule has 1 fully saturated rings. The van der Waals surface area contributed by atoms with Crippen LogP contribution in [0.15, 0.2) is 0 Å². The van der Waals surface area contributed by atoms with Gasteiger partial charge in [0.1, 0.15) is 12.3 Å². The molecule has 1 aliphatic rings. The molecule has 1 atom stereocenters. The quantitative estimate of drug-likeness (QED) is 0.390. The average molecular weight is 241 g/mol. The van der Waals surface area contributed by atoms with Crippen molar-refractivity contribution in [2.24, 2.45) is 0 Å². The Labute approximate surface area is 101 Å². The van der Waals surface area contributed by atoms with Crippen molar-refractivity contribution in [3.8, 4) is 0 Å². The Morgan fingerprint density at radius 2 is 2.12 bits per heavy atom. The number of hydrogen-bond donors (Lipinski definition) is 1. The summed E-state index contributed by atoms with van der Waals surface area (Å²) in [6.07, 6.45) is 6.12. The number of aldehydes is 1. The standard InChI is InChI=1S/C12H19NO4/c14-8-5-3-1-2-4-6-11(15)13-10-7-9-17-12(10)16/h8,10H,1-7,9H2,(H,13,15)/t10-/m0/s1. The van der Waals surface area contributed by atoms with Crippen molar-refractivity contribution in [3.05, 3.63) is 0 Å². The van der Waals surface area contributed by atoms with Gasteiger partial charge in [-0.3, -0.25) is 4.79 Å². The Morgan fingerprint density at radius 3 is 2.76 bits per heavy atom. The van der Waals surface area contributed by atoms with Crippen LogP contribution in [-0.2, 0) is 19.1 Å². The second-order valence-corrected chi connectivity index (χ2v) is 4.20. The number of cyclic esters (lactones) is 1. The summed E-state index contributed by atoms with van der Waals surface area (Å²) in [6.45, 7) is 0.398. The molecule has 1 aliphatic heterocycles. The number of rotatable bonds is 8. The lowest BCUT2D eigenvalue weighted by Gasteiger charge is -2.08. The van der Waals surface area contributed by atoms with E-state index in [0.717, 1.165) is 32.0 Å². The molecule has 1 heterocycles. The van der Waals surface area contributed by atoms with E-state index in [2.05, 4.69) is 5.32 Å². The number of esters is 1. The summed E-state index contributed by atoms with van der Waals surface area (Å²) in [7, 11) is 0. The lowest BCUT2D eigenvalue weighted by molar-refractivity contribution is -0.141. The fourth-order valence-corrected chi connectivity index (χ4v) is 1.76. The number of carbonyl (C=O) groups excluding carboxylic acids is 3. The molecule has 5 heteroatoms. The molecule has 1 saturated heterocycles. The smallest absolute Gasteiger partial charge is 0.328 e. The van der Waals surface area contributed by atoms with E-state index in [1.807, 2.05) is 0 Å². The van der Waals surface area contributed by atoms with Crippen LogP contribution in [0, 0.1) is 0 Å². The summed E-state index contributed by atoms with van der Waals surface area (Å²) in [4.78, 5) is 32.6. The minimum absolute atomic E-state index is 0.0933. The lowest BCUT2D eigenvalue weighted by atomic mass is 10.1. The molecule has 5 nitrogen and oxygen atoms in total. The number of hydrogen-bond acceptors (Lipinski definition) is 4. The predicted molar refractivity (Wildman–Crippen MR) is 61.3 cm³/mol. The maximum atomic E-state index is 11.5. The molecule has 1 rings (SSSR count). The van der Waals surface area contributed by atoms with E-state index < -0.39 is 6.04 Å². The van der Waals surface area contributed by atoms with E-state index in [0.29, 0.717) is 25.9 Å². The van der Waals surface area contributed by atoms with E-state index in [1.165, 1.54) is 0 Å². The molecule has 0 spiro atoms. The molecule has 0 aromatic heterocycles. The van der Waals surface area contributed by atoms with Gasteiger partial charge in [-0.25, -0.2) is 4.79 Å². The Bertz CT molecular complexity index is 278. The van der Waals surface area contributed by atoms with Crippen LogP contribution < -0.4 is 5.32 Å². The first-order valence-corrected chi connectivity index (χ1v) is 6.13. The number of ether oxygens (including phenoxy) is 1. The molecule has 0 unspecified atom stereocenters. The molecular formula is C12H19NO4. The Balaban J connectivity index is 2.01. The molecule has 96 valence electrons. The van der Waals surface area contributed by atoms with Crippen molar-refractivity contribution >= 4 is 18.2 Å². The normalized spacial score (nSPS) is 18.8. The largest absolute Gasteiger partial charge is 0.464 e. The van der Waals surface area contributed by atoms with Crippen molar-refractivity contribution in [3.63, 3.8) is 0 Å². The zero-order valence-corrected chi connectivity index (χ0v) is 9.94. The number of carbonyl (C=O) groups is 3. The molecule has 1 N–H and O–H groups in total. The summed E-state index contributed by atoms with van der Waals surface area (Å²) in [5.41, 5.74) is 0. The highest BCUT2D eigenvalue weighted by Gasteiger charge is 2.27. The first-order chi connectivity index (χ1) is 8.24. The maximum Gasteiger partial charge on any atom is 0.328 e. The second kappa shape index (κ2) is 7.81.